The molecule has 1 aromatic heterocycles. The van der Waals surface area contributed by atoms with Gasteiger partial charge in [-0.3, -0.25) is 4.98 Å². The van der Waals surface area contributed by atoms with Crippen molar-refractivity contribution >= 4 is 0 Å². The third-order valence-corrected chi connectivity index (χ3v) is 4.07. The largest absolute Gasteiger partial charge is 0.384 e. The smallest absolute Gasteiger partial charge is 0.104 e. The quantitative estimate of drug-likeness (QED) is 0.904. The molecule has 0 saturated heterocycles. The average molecular weight is 253 g/mol. The first-order chi connectivity index (χ1) is 9.25. The molecule has 1 saturated carbocycles. The number of rotatable bonds is 3. The predicted molar refractivity (Wildman–Crippen MR) is 76.1 cm³/mol. The van der Waals surface area contributed by atoms with E-state index in [2.05, 4.69) is 17.1 Å². The number of hydrogen-bond donors (Lipinski definition) is 1. The molecule has 2 aromatic rings. The molecule has 1 atom stereocenters. The topological polar surface area (TPSA) is 33.1 Å². The first kappa shape index (κ1) is 12.4. The Labute approximate surface area is 114 Å². The molecule has 0 spiro atoms. The van der Waals surface area contributed by atoms with Gasteiger partial charge < -0.3 is 5.11 Å². The molecule has 19 heavy (non-hydrogen) atoms. The lowest BCUT2D eigenvalue weighted by Crippen LogP contribution is -2.13. The summed E-state index contributed by atoms with van der Waals surface area (Å²) >= 11 is 0. The molecule has 2 nitrogen and oxygen atoms in total. The van der Waals surface area contributed by atoms with Crippen molar-refractivity contribution in [3.8, 4) is 0 Å². The summed E-state index contributed by atoms with van der Waals surface area (Å²) in [5, 5.41) is 10.6. The second-order valence-electron chi connectivity index (χ2n) is 5.39. The minimum atomic E-state index is -0.543. The highest BCUT2D eigenvalue weighted by atomic mass is 16.3. The molecular weight excluding hydrogens is 234 g/mol. The van der Waals surface area contributed by atoms with Crippen LogP contribution < -0.4 is 0 Å². The van der Waals surface area contributed by atoms with Gasteiger partial charge in [-0.25, -0.2) is 0 Å². The summed E-state index contributed by atoms with van der Waals surface area (Å²) in [6.07, 6.45) is 5.03. The third kappa shape index (κ3) is 2.41. The summed E-state index contributed by atoms with van der Waals surface area (Å²) in [6, 6.07) is 12.2. The number of hydrogen-bond acceptors (Lipinski definition) is 2. The lowest BCUT2D eigenvalue weighted by Gasteiger charge is -2.29. The highest BCUT2D eigenvalue weighted by molar-refractivity contribution is 5.38. The minimum absolute atomic E-state index is 0.543. The maximum atomic E-state index is 10.6. The van der Waals surface area contributed by atoms with E-state index in [1.807, 2.05) is 31.2 Å². The standard InChI is InChI=1S/C17H19NO/c1-12-11-14(9-10-18-12)17(19)16-8-3-2-7-15(16)13-5-4-6-13/h2-3,7-11,13,17,19H,4-6H2,1H3. The number of pyridine rings is 1. The number of aliphatic hydroxyl groups is 1. The highest BCUT2D eigenvalue weighted by Crippen LogP contribution is 2.40. The number of aryl methyl sites for hydroxylation is 1. The second-order valence-corrected chi connectivity index (χ2v) is 5.39. The molecule has 0 bridgehead atoms. The Kier molecular flexibility index (Phi) is 3.34. The van der Waals surface area contributed by atoms with Crippen molar-refractivity contribution in [2.45, 2.75) is 38.2 Å². The Morgan fingerprint density at radius 2 is 2.00 bits per heavy atom. The minimum Gasteiger partial charge on any atom is -0.384 e. The zero-order valence-electron chi connectivity index (χ0n) is 11.2. The van der Waals surface area contributed by atoms with Crippen LogP contribution in [0.15, 0.2) is 42.6 Å². The summed E-state index contributed by atoms with van der Waals surface area (Å²) < 4.78 is 0. The number of aromatic nitrogens is 1. The number of aliphatic hydroxyl groups excluding tert-OH is 1. The van der Waals surface area contributed by atoms with Crippen molar-refractivity contribution < 1.29 is 5.11 Å². The fourth-order valence-corrected chi connectivity index (χ4v) is 2.77. The highest BCUT2D eigenvalue weighted by Gasteiger charge is 2.24. The predicted octanol–water partition coefficient (Wildman–Crippen LogP) is 3.74. The molecule has 1 heterocycles. The van der Waals surface area contributed by atoms with Gasteiger partial charge in [0.1, 0.15) is 6.10 Å². The van der Waals surface area contributed by atoms with Crippen molar-refractivity contribution in [1.82, 2.24) is 4.98 Å². The molecule has 0 aliphatic heterocycles. The molecule has 0 radical (unpaired) electrons. The molecule has 1 unspecified atom stereocenters. The molecule has 1 aromatic carbocycles. The molecule has 2 heteroatoms. The van der Waals surface area contributed by atoms with Crippen LogP contribution >= 0.6 is 0 Å². The van der Waals surface area contributed by atoms with Crippen molar-refractivity contribution in [2.75, 3.05) is 0 Å². The molecule has 0 amide bonds. The van der Waals surface area contributed by atoms with E-state index in [0.29, 0.717) is 5.92 Å². The van der Waals surface area contributed by atoms with E-state index in [0.717, 1.165) is 16.8 Å². The van der Waals surface area contributed by atoms with Crippen LogP contribution in [0.3, 0.4) is 0 Å². The Morgan fingerprint density at radius 3 is 2.68 bits per heavy atom. The maximum Gasteiger partial charge on any atom is 0.104 e. The van der Waals surface area contributed by atoms with E-state index >= 15 is 0 Å². The third-order valence-electron chi connectivity index (χ3n) is 4.07. The van der Waals surface area contributed by atoms with Gasteiger partial charge in [-0.15, -0.1) is 0 Å². The van der Waals surface area contributed by atoms with Gasteiger partial charge in [-0.2, -0.15) is 0 Å². The van der Waals surface area contributed by atoms with Crippen molar-refractivity contribution in [3.63, 3.8) is 0 Å². The lowest BCUT2D eigenvalue weighted by atomic mass is 9.77. The zero-order chi connectivity index (χ0) is 13.2. The molecule has 1 aliphatic carbocycles. The van der Waals surface area contributed by atoms with Crippen molar-refractivity contribution in [3.05, 3.63) is 65.0 Å². The SMILES string of the molecule is Cc1cc(C(O)c2ccccc2C2CCC2)ccn1. The summed E-state index contributed by atoms with van der Waals surface area (Å²) in [6.45, 7) is 1.95. The van der Waals surface area contributed by atoms with Crippen molar-refractivity contribution in [1.29, 1.82) is 0 Å². The van der Waals surface area contributed by atoms with Crippen molar-refractivity contribution in [2.24, 2.45) is 0 Å². The van der Waals surface area contributed by atoms with Crippen LogP contribution in [0.5, 0.6) is 0 Å². The first-order valence-corrected chi connectivity index (χ1v) is 6.95. The van der Waals surface area contributed by atoms with E-state index in [1.54, 1.807) is 6.20 Å². The van der Waals surface area contributed by atoms with E-state index in [-0.39, 0.29) is 0 Å². The summed E-state index contributed by atoms with van der Waals surface area (Å²) in [4.78, 5) is 4.19. The van der Waals surface area contributed by atoms with Crippen LogP contribution in [-0.4, -0.2) is 10.1 Å². The van der Waals surface area contributed by atoms with Gasteiger partial charge in [0, 0.05) is 11.9 Å². The summed E-state index contributed by atoms with van der Waals surface area (Å²) in [5.41, 5.74) is 4.24. The average Bonchev–Trinajstić information content (AvgIpc) is 2.37. The van der Waals surface area contributed by atoms with Gasteiger partial charge in [-0.1, -0.05) is 30.7 Å². The molecule has 1 aliphatic rings. The Hall–Kier alpha value is -1.67. The zero-order valence-corrected chi connectivity index (χ0v) is 11.2. The van der Waals surface area contributed by atoms with Gasteiger partial charge in [0.2, 0.25) is 0 Å². The summed E-state index contributed by atoms with van der Waals surface area (Å²) in [5.74, 6) is 0.633. The van der Waals surface area contributed by atoms with Crippen LogP contribution in [0.4, 0.5) is 0 Å². The molecule has 98 valence electrons. The second kappa shape index (κ2) is 5.14. The number of nitrogens with zero attached hydrogens (tertiary/aromatic N) is 1. The van der Waals surface area contributed by atoms with E-state index in [4.69, 9.17) is 0 Å². The van der Waals surface area contributed by atoms with Gasteiger partial charge in [0.05, 0.1) is 0 Å². The van der Waals surface area contributed by atoms with Gasteiger partial charge >= 0.3 is 0 Å². The Bertz CT molecular complexity index is 575. The first-order valence-electron chi connectivity index (χ1n) is 6.95. The fourth-order valence-electron chi connectivity index (χ4n) is 2.77. The van der Waals surface area contributed by atoms with E-state index < -0.39 is 6.10 Å². The number of benzene rings is 1. The Balaban J connectivity index is 1.97. The molecular formula is C17H19NO. The van der Waals surface area contributed by atoms with Crippen LogP contribution in [0.25, 0.3) is 0 Å². The fraction of sp³-hybridized carbons (Fsp3) is 0.353. The van der Waals surface area contributed by atoms with Crippen LogP contribution in [-0.2, 0) is 0 Å². The van der Waals surface area contributed by atoms with E-state index in [9.17, 15) is 5.11 Å². The van der Waals surface area contributed by atoms with Gasteiger partial charge in [0.25, 0.3) is 0 Å². The van der Waals surface area contributed by atoms with Crippen LogP contribution in [0, 0.1) is 6.92 Å². The van der Waals surface area contributed by atoms with Crippen LogP contribution in [0.2, 0.25) is 0 Å². The lowest BCUT2D eigenvalue weighted by molar-refractivity contribution is 0.217. The van der Waals surface area contributed by atoms with Gasteiger partial charge in [-0.05, 0) is 54.5 Å². The molecule has 1 fully saturated rings. The monoisotopic (exact) mass is 253 g/mol. The van der Waals surface area contributed by atoms with E-state index in [1.165, 1.54) is 24.8 Å². The van der Waals surface area contributed by atoms with Crippen LogP contribution in [0.1, 0.15) is 53.7 Å². The Morgan fingerprint density at radius 1 is 1.21 bits per heavy atom. The van der Waals surface area contributed by atoms with Gasteiger partial charge in [0.15, 0.2) is 0 Å². The molecule has 3 rings (SSSR count). The molecule has 1 N–H and O–H groups in total. The summed E-state index contributed by atoms with van der Waals surface area (Å²) in [7, 11) is 0. The maximum absolute atomic E-state index is 10.6. The normalized spacial score (nSPS) is 16.9.